The molecule has 0 aliphatic carbocycles. The van der Waals surface area contributed by atoms with Gasteiger partial charge in [0.2, 0.25) is 0 Å². The highest BCUT2D eigenvalue weighted by Gasteiger charge is 2.18. The van der Waals surface area contributed by atoms with Crippen molar-refractivity contribution in [3.05, 3.63) is 24.5 Å². The minimum Gasteiger partial charge on any atom is -0.383 e. The third-order valence-electron chi connectivity index (χ3n) is 3.68. The molecular formula is C15H15N7S. The van der Waals surface area contributed by atoms with Gasteiger partial charge < -0.3 is 11.5 Å². The molecule has 0 aliphatic heterocycles. The highest BCUT2D eigenvalue weighted by molar-refractivity contribution is 7.22. The fourth-order valence-electron chi connectivity index (χ4n) is 2.65. The zero-order valence-electron chi connectivity index (χ0n) is 12.7. The van der Waals surface area contributed by atoms with E-state index in [2.05, 4.69) is 28.8 Å². The number of nitrogen functional groups attached to an aromatic ring is 2. The third-order valence-corrected chi connectivity index (χ3v) is 4.55. The fraction of sp³-hybridized carbons (Fsp3) is 0.200. The van der Waals surface area contributed by atoms with Gasteiger partial charge in [0.1, 0.15) is 17.8 Å². The van der Waals surface area contributed by atoms with Crippen molar-refractivity contribution < 1.29 is 0 Å². The van der Waals surface area contributed by atoms with Crippen molar-refractivity contribution in [2.45, 2.75) is 19.9 Å². The predicted molar refractivity (Wildman–Crippen MR) is 93.1 cm³/mol. The van der Waals surface area contributed by atoms with Crippen LogP contribution in [-0.4, -0.2) is 24.7 Å². The standard InChI is InChI=1S/C15H15N7S/c1-7(2)22-14-11(13(16)18-6-19-14)12(21-22)8-3-4-10-9(5-8)20-15(17)23-10/h3-7H,1-2H3,(H2,17,20)(H2,16,18,19). The van der Waals surface area contributed by atoms with E-state index in [9.17, 15) is 0 Å². The minimum absolute atomic E-state index is 0.166. The number of hydrogen-bond donors (Lipinski definition) is 2. The zero-order valence-corrected chi connectivity index (χ0v) is 13.5. The smallest absolute Gasteiger partial charge is 0.181 e. The largest absolute Gasteiger partial charge is 0.383 e. The van der Waals surface area contributed by atoms with Gasteiger partial charge in [0.15, 0.2) is 10.8 Å². The van der Waals surface area contributed by atoms with Crippen LogP contribution in [-0.2, 0) is 0 Å². The van der Waals surface area contributed by atoms with Crippen molar-refractivity contribution in [1.82, 2.24) is 24.7 Å². The Kier molecular flexibility index (Phi) is 2.95. The second-order valence-electron chi connectivity index (χ2n) is 5.58. The molecule has 23 heavy (non-hydrogen) atoms. The predicted octanol–water partition coefficient (Wildman–Crippen LogP) is 2.85. The average molecular weight is 325 g/mol. The minimum atomic E-state index is 0.166. The Morgan fingerprint density at radius 2 is 2.00 bits per heavy atom. The third kappa shape index (κ3) is 2.10. The topological polar surface area (TPSA) is 109 Å². The second-order valence-corrected chi connectivity index (χ2v) is 6.64. The highest BCUT2D eigenvalue weighted by atomic mass is 32.1. The van der Waals surface area contributed by atoms with Crippen LogP contribution < -0.4 is 11.5 Å². The molecule has 4 N–H and O–H groups in total. The molecule has 4 rings (SSSR count). The van der Waals surface area contributed by atoms with Crippen LogP contribution in [0.15, 0.2) is 24.5 Å². The summed E-state index contributed by atoms with van der Waals surface area (Å²) in [6.07, 6.45) is 1.46. The summed E-state index contributed by atoms with van der Waals surface area (Å²) in [6, 6.07) is 6.14. The van der Waals surface area contributed by atoms with Gasteiger partial charge in [0.05, 0.1) is 15.6 Å². The first kappa shape index (κ1) is 13.9. The number of fused-ring (bicyclic) bond motifs is 2. The second kappa shape index (κ2) is 4.88. The molecule has 0 aliphatic rings. The lowest BCUT2D eigenvalue weighted by atomic mass is 10.1. The molecule has 4 aromatic rings. The summed E-state index contributed by atoms with van der Waals surface area (Å²) in [5.41, 5.74) is 15.2. The van der Waals surface area contributed by atoms with E-state index in [0.29, 0.717) is 10.9 Å². The van der Waals surface area contributed by atoms with Crippen LogP contribution in [0.3, 0.4) is 0 Å². The van der Waals surface area contributed by atoms with Crippen molar-refractivity contribution in [3.8, 4) is 11.3 Å². The molecule has 1 aromatic carbocycles. The Labute approximate surface area is 136 Å². The number of aromatic nitrogens is 5. The van der Waals surface area contributed by atoms with Gasteiger partial charge in [-0.3, -0.25) is 0 Å². The molecule has 3 heterocycles. The van der Waals surface area contributed by atoms with Gasteiger partial charge in [0.25, 0.3) is 0 Å². The molecule has 0 atom stereocenters. The summed E-state index contributed by atoms with van der Waals surface area (Å²) < 4.78 is 2.91. The van der Waals surface area contributed by atoms with E-state index in [1.165, 1.54) is 17.7 Å². The normalized spacial score (nSPS) is 11.8. The van der Waals surface area contributed by atoms with Crippen molar-refractivity contribution in [3.63, 3.8) is 0 Å². The number of nitrogens with zero attached hydrogens (tertiary/aromatic N) is 5. The van der Waals surface area contributed by atoms with Crippen LogP contribution in [0, 0.1) is 0 Å². The number of anilines is 2. The lowest BCUT2D eigenvalue weighted by Gasteiger charge is -2.05. The van der Waals surface area contributed by atoms with Crippen molar-refractivity contribution in [2.75, 3.05) is 11.5 Å². The quantitative estimate of drug-likeness (QED) is 0.586. The van der Waals surface area contributed by atoms with Crippen molar-refractivity contribution in [2.24, 2.45) is 0 Å². The van der Waals surface area contributed by atoms with Crippen LogP contribution in [0.1, 0.15) is 19.9 Å². The first-order valence-electron chi connectivity index (χ1n) is 7.19. The van der Waals surface area contributed by atoms with E-state index in [0.717, 1.165) is 32.5 Å². The summed E-state index contributed by atoms with van der Waals surface area (Å²) in [4.78, 5) is 12.8. The molecule has 8 heteroatoms. The van der Waals surface area contributed by atoms with Gasteiger partial charge in [-0.05, 0) is 26.0 Å². The number of rotatable bonds is 2. The number of benzene rings is 1. The van der Waals surface area contributed by atoms with Gasteiger partial charge in [-0.1, -0.05) is 17.4 Å². The fourth-order valence-corrected chi connectivity index (χ4v) is 3.36. The number of thiazole rings is 1. The van der Waals surface area contributed by atoms with E-state index in [1.807, 2.05) is 22.9 Å². The van der Waals surface area contributed by atoms with Crippen LogP contribution in [0.4, 0.5) is 10.9 Å². The van der Waals surface area contributed by atoms with E-state index in [4.69, 9.17) is 16.6 Å². The molecule has 0 saturated heterocycles. The Hall–Kier alpha value is -2.74. The Balaban J connectivity index is 2.03. The molecular weight excluding hydrogens is 310 g/mol. The number of hydrogen-bond acceptors (Lipinski definition) is 7. The molecule has 0 unspecified atom stereocenters. The van der Waals surface area contributed by atoms with Gasteiger partial charge in [-0.15, -0.1) is 0 Å². The van der Waals surface area contributed by atoms with Gasteiger partial charge in [0, 0.05) is 11.6 Å². The lowest BCUT2D eigenvalue weighted by molar-refractivity contribution is 0.548. The highest BCUT2D eigenvalue weighted by Crippen LogP contribution is 2.34. The van der Waals surface area contributed by atoms with Crippen LogP contribution in [0.2, 0.25) is 0 Å². The Morgan fingerprint density at radius 1 is 1.17 bits per heavy atom. The zero-order chi connectivity index (χ0) is 16.1. The monoisotopic (exact) mass is 325 g/mol. The van der Waals surface area contributed by atoms with Crippen LogP contribution in [0.25, 0.3) is 32.5 Å². The molecule has 0 fully saturated rings. The Morgan fingerprint density at radius 3 is 2.78 bits per heavy atom. The average Bonchev–Trinajstić information content (AvgIpc) is 3.06. The first-order chi connectivity index (χ1) is 11.0. The van der Waals surface area contributed by atoms with Crippen molar-refractivity contribution in [1.29, 1.82) is 0 Å². The first-order valence-corrected chi connectivity index (χ1v) is 8.01. The van der Waals surface area contributed by atoms with E-state index >= 15 is 0 Å². The molecule has 0 spiro atoms. The molecule has 0 bridgehead atoms. The summed E-state index contributed by atoms with van der Waals surface area (Å²) in [7, 11) is 0. The SMILES string of the molecule is CC(C)n1nc(-c2ccc3sc(N)nc3c2)c2c(N)ncnc21. The molecule has 116 valence electrons. The molecule has 0 saturated carbocycles. The maximum absolute atomic E-state index is 6.09. The van der Waals surface area contributed by atoms with E-state index in [-0.39, 0.29) is 6.04 Å². The summed E-state index contributed by atoms with van der Waals surface area (Å²) in [6.45, 7) is 4.11. The van der Waals surface area contributed by atoms with Gasteiger partial charge in [-0.25, -0.2) is 19.6 Å². The van der Waals surface area contributed by atoms with E-state index < -0.39 is 0 Å². The van der Waals surface area contributed by atoms with E-state index in [1.54, 1.807) is 0 Å². The maximum Gasteiger partial charge on any atom is 0.181 e. The van der Waals surface area contributed by atoms with Gasteiger partial charge in [-0.2, -0.15) is 5.10 Å². The van der Waals surface area contributed by atoms with Crippen LogP contribution in [0.5, 0.6) is 0 Å². The molecule has 0 radical (unpaired) electrons. The lowest BCUT2D eigenvalue weighted by Crippen LogP contribution is -2.04. The molecule has 3 aromatic heterocycles. The summed E-state index contributed by atoms with van der Waals surface area (Å²) in [5.74, 6) is 0.426. The van der Waals surface area contributed by atoms with Crippen molar-refractivity contribution >= 4 is 43.5 Å². The molecule has 7 nitrogen and oxygen atoms in total. The summed E-state index contributed by atoms with van der Waals surface area (Å²) in [5, 5.41) is 6.03. The number of nitrogens with two attached hydrogens (primary N) is 2. The maximum atomic E-state index is 6.09. The summed E-state index contributed by atoms with van der Waals surface area (Å²) >= 11 is 1.46. The van der Waals surface area contributed by atoms with Gasteiger partial charge >= 0.3 is 0 Å². The van der Waals surface area contributed by atoms with Crippen LogP contribution >= 0.6 is 11.3 Å². The Bertz CT molecular complexity index is 1030. The molecule has 0 amide bonds.